The maximum absolute atomic E-state index is 12.6. The molecule has 4 heterocycles. The Balaban J connectivity index is 1.50. The van der Waals surface area contributed by atoms with Crippen LogP contribution in [-0.2, 0) is 0 Å². The van der Waals surface area contributed by atoms with Crippen molar-refractivity contribution < 1.29 is 15.3 Å². The molecule has 0 unspecified atom stereocenters. The molecule has 0 fully saturated rings. The van der Waals surface area contributed by atoms with Crippen molar-refractivity contribution in [3.05, 3.63) is 79.2 Å². The van der Waals surface area contributed by atoms with Gasteiger partial charge in [0.2, 0.25) is 17.6 Å². The molecule has 0 saturated carbocycles. The number of aromatic nitrogens is 6. The molecule has 3 aromatic heterocycles. The highest BCUT2D eigenvalue weighted by Gasteiger charge is 2.18. The van der Waals surface area contributed by atoms with Crippen LogP contribution in [0.2, 0.25) is 0 Å². The fourth-order valence-electron chi connectivity index (χ4n) is 5.72. The summed E-state index contributed by atoms with van der Waals surface area (Å²) in [5.41, 5.74) is -5.44. The Hall–Kier alpha value is -6.15. The predicted octanol–water partition coefficient (Wildman–Crippen LogP) is -0.963. The van der Waals surface area contributed by atoms with E-state index in [1.807, 2.05) is 0 Å². The first-order valence-corrected chi connectivity index (χ1v) is 18.1. The minimum atomic E-state index is -0.851. The number of aromatic amines is 6. The van der Waals surface area contributed by atoms with E-state index in [1.54, 1.807) is 0 Å². The average Bonchev–Trinajstić information content (AvgIpc) is 3.08. The smallest absolute Gasteiger partial charge is 0.328 e. The molecule has 0 amide bonds. The lowest BCUT2D eigenvalue weighted by Gasteiger charge is -2.12. The first kappa shape index (κ1) is 40.6. The molecule has 21 nitrogen and oxygen atoms in total. The highest BCUT2D eigenvalue weighted by atomic mass is 16.3. The lowest BCUT2D eigenvalue weighted by Crippen LogP contribution is -2.35. The van der Waals surface area contributed by atoms with Crippen LogP contribution in [0.4, 0.5) is 0 Å². The van der Waals surface area contributed by atoms with E-state index in [9.17, 15) is 44.1 Å². The van der Waals surface area contributed by atoms with Crippen LogP contribution in [0, 0.1) is 0 Å². The molecule has 0 aromatic carbocycles. The molecule has 21 heteroatoms. The Morgan fingerprint density at radius 2 is 0.611 bits per heavy atom. The predicted molar refractivity (Wildman–Crippen MR) is 202 cm³/mol. The van der Waals surface area contributed by atoms with Crippen molar-refractivity contribution in [3.63, 3.8) is 0 Å². The Morgan fingerprint density at radius 3 is 0.870 bits per heavy atom. The third-order valence-electron chi connectivity index (χ3n) is 8.42. The molecule has 0 radical (unpaired) electrons. The highest BCUT2D eigenvalue weighted by molar-refractivity contribution is 6.01. The van der Waals surface area contributed by atoms with Gasteiger partial charge in [-0.15, -0.1) is 0 Å². The van der Waals surface area contributed by atoms with Crippen LogP contribution < -0.4 is 49.7 Å². The van der Waals surface area contributed by atoms with Crippen LogP contribution in [0.25, 0.3) is 0 Å². The normalized spacial score (nSPS) is 17.0. The van der Waals surface area contributed by atoms with Crippen molar-refractivity contribution in [1.82, 2.24) is 45.9 Å². The Bertz CT molecular complexity index is 2160. The molecule has 3 aromatic rings. The summed E-state index contributed by atoms with van der Waals surface area (Å²) in [6, 6.07) is 0. The van der Waals surface area contributed by atoms with Gasteiger partial charge in [0.05, 0.1) is 0 Å². The van der Waals surface area contributed by atoms with Crippen LogP contribution in [0.15, 0.2) is 43.7 Å². The summed E-state index contributed by atoms with van der Waals surface area (Å²) < 4.78 is 0. The zero-order chi connectivity index (χ0) is 38.9. The average molecular weight is 757 g/mol. The van der Waals surface area contributed by atoms with Gasteiger partial charge < -0.3 is 31.3 Å². The summed E-state index contributed by atoms with van der Waals surface area (Å²) in [5.74, 6) is -1.38. The Labute approximate surface area is 306 Å². The SMILES string of the molecule is O=c1[nH]c(O)c(C2=NCCCCCCN=C(c3c(O)[nH]c(=O)[nH]c3=O)NCCCCCCNC(c3c(O)[nH]c(=O)[nH]c3=O)=NCCCCCCN2)c(=O)[nH]1. The van der Waals surface area contributed by atoms with Gasteiger partial charge in [-0.1, -0.05) is 38.5 Å². The third kappa shape index (κ3) is 12.2. The number of amidine groups is 3. The van der Waals surface area contributed by atoms with Gasteiger partial charge in [-0.25, -0.2) is 14.4 Å². The molecule has 54 heavy (non-hydrogen) atoms. The molecule has 12 N–H and O–H groups in total. The molecule has 1 aliphatic heterocycles. The fourth-order valence-corrected chi connectivity index (χ4v) is 5.72. The van der Waals surface area contributed by atoms with Crippen molar-refractivity contribution in [2.45, 2.75) is 77.0 Å². The van der Waals surface area contributed by atoms with Crippen molar-refractivity contribution in [2.75, 3.05) is 39.3 Å². The highest BCUT2D eigenvalue weighted by Crippen LogP contribution is 2.11. The van der Waals surface area contributed by atoms with Crippen molar-refractivity contribution >= 4 is 17.5 Å². The number of nitrogens with zero attached hydrogens (tertiary/aromatic N) is 3. The number of aliphatic imine (C=N–C) groups is 3. The van der Waals surface area contributed by atoms with E-state index in [4.69, 9.17) is 0 Å². The number of nitrogens with one attached hydrogen (secondary N) is 9. The molecule has 4 rings (SSSR count). The van der Waals surface area contributed by atoms with Crippen LogP contribution in [0.5, 0.6) is 17.6 Å². The first-order chi connectivity index (χ1) is 26.0. The first-order valence-electron chi connectivity index (χ1n) is 18.1. The second kappa shape index (κ2) is 20.8. The topological polar surface area (TPSA) is 331 Å². The van der Waals surface area contributed by atoms with Gasteiger partial charge in [-0.3, -0.25) is 59.3 Å². The maximum atomic E-state index is 12.6. The summed E-state index contributed by atoms with van der Waals surface area (Å²) in [7, 11) is 0. The van der Waals surface area contributed by atoms with Crippen LogP contribution in [0.1, 0.15) is 93.7 Å². The second-order valence-electron chi connectivity index (χ2n) is 12.6. The van der Waals surface area contributed by atoms with Crippen LogP contribution in [0.3, 0.4) is 0 Å². The van der Waals surface area contributed by atoms with E-state index in [0.29, 0.717) is 77.8 Å². The molecule has 1 aliphatic rings. The third-order valence-corrected chi connectivity index (χ3v) is 8.42. The number of rotatable bonds is 3. The largest absolute Gasteiger partial charge is 0.494 e. The minimum Gasteiger partial charge on any atom is -0.494 e. The zero-order valence-corrected chi connectivity index (χ0v) is 29.9. The van der Waals surface area contributed by atoms with E-state index in [-0.39, 0.29) is 34.2 Å². The second-order valence-corrected chi connectivity index (χ2v) is 12.6. The molecule has 0 saturated heterocycles. The van der Waals surface area contributed by atoms with Gasteiger partial charge in [0.15, 0.2) is 0 Å². The van der Waals surface area contributed by atoms with Crippen molar-refractivity contribution in [2.24, 2.45) is 15.0 Å². The van der Waals surface area contributed by atoms with Gasteiger partial charge in [-0.05, 0) is 38.5 Å². The molecular weight excluding hydrogens is 708 g/mol. The quantitative estimate of drug-likeness (QED) is 0.154. The summed E-state index contributed by atoms with van der Waals surface area (Å²) in [6.45, 7) is 2.21. The van der Waals surface area contributed by atoms with E-state index in [1.165, 1.54) is 0 Å². The van der Waals surface area contributed by atoms with Gasteiger partial charge in [-0.2, -0.15) is 0 Å². The lowest BCUT2D eigenvalue weighted by atomic mass is 10.1. The van der Waals surface area contributed by atoms with Crippen molar-refractivity contribution in [3.8, 4) is 17.6 Å². The molecule has 294 valence electrons. The van der Waals surface area contributed by atoms with Crippen molar-refractivity contribution in [1.29, 1.82) is 0 Å². The molecule has 0 atom stereocenters. The summed E-state index contributed by atoms with van der Waals surface area (Å²) in [5, 5.41) is 40.4. The van der Waals surface area contributed by atoms with Gasteiger partial charge >= 0.3 is 17.1 Å². The van der Waals surface area contributed by atoms with E-state index < -0.39 is 51.4 Å². The molecule has 0 spiro atoms. The minimum absolute atomic E-state index is 0.139. The van der Waals surface area contributed by atoms with Crippen LogP contribution in [-0.4, -0.2) is 102 Å². The van der Waals surface area contributed by atoms with E-state index in [2.05, 4.69) is 60.8 Å². The molecule has 0 bridgehead atoms. The standard InChI is InChI=1S/C33H48N12O9/c46-25-19(26(47)41-31(52)40-25)22-34-13-7-1-2-8-14-35-23(20-27(48)42-32(53)43-28(20)49)37-16-10-5-6-12-18-39-24(38-17-11-4-3-9-15-36-22)21-29(50)44-33(54)45-30(21)51/h1-18H2,(H,34,36)(H,35,37)(H,38,39)(H3,40,41,46,47,52)(H3,42,43,48,49,53)(H3,44,45,50,51,54). The number of aromatic hydroxyl groups is 3. The summed E-state index contributed by atoms with van der Waals surface area (Å²) >= 11 is 0. The van der Waals surface area contributed by atoms with Gasteiger partial charge in [0.1, 0.15) is 34.2 Å². The molecule has 0 aliphatic carbocycles. The Morgan fingerprint density at radius 1 is 0.352 bits per heavy atom. The lowest BCUT2D eigenvalue weighted by molar-refractivity contribution is 0.446. The van der Waals surface area contributed by atoms with E-state index in [0.717, 1.165) is 38.5 Å². The van der Waals surface area contributed by atoms with E-state index >= 15 is 0 Å². The Kier molecular flexibility index (Phi) is 15.6. The number of hydrogen-bond acceptors (Lipinski definition) is 15. The summed E-state index contributed by atoms with van der Waals surface area (Å²) in [6.07, 6.45) is 8.57. The number of H-pyrrole nitrogens is 6. The molecular formula is C33H48N12O9. The summed E-state index contributed by atoms with van der Waals surface area (Å²) in [4.78, 5) is 99.1. The zero-order valence-electron chi connectivity index (χ0n) is 29.9. The monoisotopic (exact) mass is 756 g/mol. The van der Waals surface area contributed by atoms with Gasteiger partial charge in [0.25, 0.3) is 16.7 Å². The van der Waals surface area contributed by atoms with Crippen LogP contribution >= 0.6 is 0 Å². The number of hydrogen-bond donors (Lipinski definition) is 12. The maximum Gasteiger partial charge on any atom is 0.328 e. The van der Waals surface area contributed by atoms with Gasteiger partial charge in [0, 0.05) is 39.3 Å². The fraction of sp³-hybridized carbons (Fsp3) is 0.545.